The van der Waals surface area contributed by atoms with Crippen LogP contribution in [0.3, 0.4) is 0 Å². The monoisotopic (exact) mass is 461 g/mol. The fourth-order valence-corrected chi connectivity index (χ4v) is 4.19. The highest BCUT2D eigenvalue weighted by atomic mass is 19.4. The van der Waals surface area contributed by atoms with Crippen LogP contribution in [0.2, 0.25) is 0 Å². The van der Waals surface area contributed by atoms with Crippen LogP contribution in [-0.4, -0.2) is 87.3 Å². The van der Waals surface area contributed by atoms with Crippen LogP contribution in [0.4, 0.5) is 13.2 Å². The molecule has 1 unspecified atom stereocenters. The molecule has 1 saturated heterocycles. The summed E-state index contributed by atoms with van der Waals surface area (Å²) in [4.78, 5) is 26.2. The summed E-state index contributed by atoms with van der Waals surface area (Å²) < 4.78 is 39.6. The van der Waals surface area contributed by atoms with Crippen LogP contribution in [0.5, 0.6) is 0 Å². The number of rotatable bonds is 6. The summed E-state index contributed by atoms with van der Waals surface area (Å²) in [5, 5.41) is 15.7. The number of carbonyl (C=O) groups is 2. The number of ether oxygens (including phenoxy) is 1. The van der Waals surface area contributed by atoms with Gasteiger partial charge in [0.15, 0.2) is 0 Å². The number of fused-ring (bicyclic) bond motifs is 1. The van der Waals surface area contributed by atoms with Gasteiger partial charge in [-0.2, -0.15) is 13.2 Å². The average Bonchev–Trinajstić information content (AvgIpc) is 3.33. The first-order valence-corrected chi connectivity index (χ1v) is 11.0. The lowest BCUT2D eigenvalue weighted by Crippen LogP contribution is -2.46. The van der Waals surface area contributed by atoms with Crippen molar-refractivity contribution in [1.82, 2.24) is 24.8 Å². The normalized spacial score (nSPS) is 21.5. The number of carboxylic acids is 1. The van der Waals surface area contributed by atoms with Gasteiger partial charge in [-0.1, -0.05) is 11.6 Å². The number of aliphatic carboxylic acids is 1. The predicted molar refractivity (Wildman–Crippen MR) is 107 cm³/mol. The second-order valence-corrected chi connectivity index (χ2v) is 8.40. The van der Waals surface area contributed by atoms with Gasteiger partial charge >= 0.3 is 12.1 Å². The lowest BCUT2D eigenvalue weighted by molar-refractivity contribution is -0.192. The molecule has 2 aliphatic heterocycles. The van der Waals surface area contributed by atoms with Crippen molar-refractivity contribution in [1.29, 1.82) is 0 Å². The number of aryl methyl sites for hydroxylation is 1. The first-order chi connectivity index (χ1) is 15.2. The molecule has 1 aliphatic carbocycles. The number of hydrogen-bond acceptors (Lipinski definition) is 6. The summed E-state index contributed by atoms with van der Waals surface area (Å²) in [6.07, 6.45) is 1.60. The maximum absolute atomic E-state index is 12.9. The first-order valence-electron chi connectivity index (χ1n) is 11.0. The van der Waals surface area contributed by atoms with Crippen LogP contribution in [-0.2, 0) is 27.8 Å². The molecule has 1 atom stereocenters. The van der Waals surface area contributed by atoms with E-state index in [1.165, 1.54) is 32.4 Å². The molecule has 2 fully saturated rings. The Bertz CT molecular complexity index is 791. The van der Waals surface area contributed by atoms with Gasteiger partial charge in [-0.25, -0.2) is 4.79 Å². The number of aromatic nitrogens is 3. The number of halogens is 3. The molecule has 0 radical (unpaired) electrons. The Balaban J connectivity index is 0.000000360. The number of amides is 1. The standard InChI is InChI=1S/C18H29N5O2.C2HF3O2/c1-21-15-7-10-23(18(24)14-5-4-6-14)16(17(15)19-20-21)13-25-12-11-22-8-2-3-9-22;3-2(4,5)1(6)7/h14,16H,2-13H2,1H3;(H,6,7). The molecule has 0 bridgehead atoms. The predicted octanol–water partition coefficient (Wildman–Crippen LogP) is 1.79. The zero-order chi connectivity index (χ0) is 23.3. The number of likely N-dealkylation sites (tertiary alicyclic amines) is 1. The lowest BCUT2D eigenvalue weighted by Gasteiger charge is -2.38. The van der Waals surface area contributed by atoms with Crippen LogP contribution in [0.15, 0.2) is 0 Å². The van der Waals surface area contributed by atoms with E-state index in [9.17, 15) is 18.0 Å². The van der Waals surface area contributed by atoms with E-state index in [0.717, 1.165) is 50.3 Å². The second kappa shape index (κ2) is 10.6. The van der Waals surface area contributed by atoms with E-state index in [4.69, 9.17) is 14.6 Å². The Labute approximate surface area is 184 Å². The van der Waals surface area contributed by atoms with Gasteiger partial charge in [0, 0.05) is 32.5 Å². The molecule has 1 aromatic heterocycles. The van der Waals surface area contributed by atoms with Gasteiger partial charge < -0.3 is 19.6 Å². The Morgan fingerprint density at radius 2 is 1.81 bits per heavy atom. The van der Waals surface area contributed by atoms with E-state index in [0.29, 0.717) is 6.61 Å². The second-order valence-electron chi connectivity index (χ2n) is 8.40. The highest BCUT2D eigenvalue weighted by Crippen LogP contribution is 2.34. The molecule has 4 rings (SSSR count). The minimum atomic E-state index is -5.08. The summed E-state index contributed by atoms with van der Waals surface area (Å²) in [5.74, 6) is -2.26. The van der Waals surface area contributed by atoms with E-state index in [1.54, 1.807) is 0 Å². The maximum Gasteiger partial charge on any atom is 0.490 e. The quantitative estimate of drug-likeness (QED) is 0.645. The van der Waals surface area contributed by atoms with Crippen molar-refractivity contribution in [2.45, 2.75) is 50.7 Å². The van der Waals surface area contributed by atoms with Crippen LogP contribution in [0.25, 0.3) is 0 Å². The minimum absolute atomic E-state index is 0.0795. The molecule has 1 amide bonds. The molecule has 0 spiro atoms. The third-order valence-corrected chi connectivity index (χ3v) is 6.26. The summed E-state index contributed by atoms with van der Waals surface area (Å²) in [5.41, 5.74) is 2.08. The van der Waals surface area contributed by atoms with E-state index in [2.05, 4.69) is 15.2 Å². The van der Waals surface area contributed by atoms with Crippen molar-refractivity contribution in [2.75, 3.05) is 39.4 Å². The number of carboxylic acid groups (broad SMARTS) is 1. The topological polar surface area (TPSA) is 101 Å². The van der Waals surface area contributed by atoms with Crippen molar-refractivity contribution in [3.05, 3.63) is 11.4 Å². The van der Waals surface area contributed by atoms with Gasteiger partial charge in [-0.05, 0) is 38.8 Å². The number of nitrogens with zero attached hydrogens (tertiary/aromatic N) is 5. The van der Waals surface area contributed by atoms with E-state index in [1.807, 2.05) is 16.6 Å². The van der Waals surface area contributed by atoms with Crippen molar-refractivity contribution in [2.24, 2.45) is 13.0 Å². The van der Waals surface area contributed by atoms with Crippen molar-refractivity contribution < 1.29 is 32.6 Å². The van der Waals surface area contributed by atoms with Crippen LogP contribution in [0.1, 0.15) is 49.5 Å². The lowest BCUT2D eigenvalue weighted by atomic mass is 9.83. The van der Waals surface area contributed by atoms with Crippen LogP contribution in [0, 0.1) is 5.92 Å². The van der Waals surface area contributed by atoms with Gasteiger partial charge in [-0.3, -0.25) is 9.48 Å². The third-order valence-electron chi connectivity index (χ3n) is 6.26. The Morgan fingerprint density at radius 1 is 1.16 bits per heavy atom. The smallest absolute Gasteiger partial charge is 0.475 e. The highest BCUT2D eigenvalue weighted by Gasteiger charge is 2.39. The van der Waals surface area contributed by atoms with Crippen LogP contribution < -0.4 is 0 Å². The Morgan fingerprint density at radius 3 is 2.38 bits per heavy atom. The summed E-state index contributed by atoms with van der Waals surface area (Å²) in [6.45, 7) is 5.36. The fraction of sp³-hybridized carbons (Fsp3) is 0.800. The third kappa shape index (κ3) is 5.97. The summed E-state index contributed by atoms with van der Waals surface area (Å²) >= 11 is 0. The fourth-order valence-electron chi connectivity index (χ4n) is 4.19. The molecule has 9 nitrogen and oxygen atoms in total. The van der Waals surface area contributed by atoms with Crippen LogP contribution >= 0.6 is 0 Å². The largest absolute Gasteiger partial charge is 0.490 e. The van der Waals surface area contributed by atoms with Gasteiger partial charge in [0.25, 0.3) is 0 Å². The highest BCUT2D eigenvalue weighted by molar-refractivity contribution is 5.80. The zero-order valence-electron chi connectivity index (χ0n) is 18.2. The molecule has 3 aliphatic rings. The molecule has 180 valence electrons. The number of hydrogen-bond donors (Lipinski definition) is 1. The minimum Gasteiger partial charge on any atom is -0.475 e. The molecule has 1 saturated carbocycles. The summed E-state index contributed by atoms with van der Waals surface area (Å²) in [6, 6.07) is -0.0795. The van der Waals surface area contributed by atoms with Gasteiger partial charge in [0.1, 0.15) is 11.7 Å². The molecule has 12 heteroatoms. The molecule has 1 N–H and O–H groups in total. The zero-order valence-corrected chi connectivity index (χ0v) is 18.2. The molecular formula is C20H30F3N5O4. The maximum atomic E-state index is 12.9. The molecule has 3 heterocycles. The van der Waals surface area contributed by atoms with E-state index >= 15 is 0 Å². The number of alkyl halides is 3. The Hall–Kier alpha value is -2.21. The SMILES string of the molecule is Cn1nnc2c1CCN(C(=O)C1CCC1)C2COCCN1CCCC1.O=C(O)C(F)(F)F. The van der Waals surface area contributed by atoms with Gasteiger partial charge in [0.2, 0.25) is 5.91 Å². The Kier molecular flexibility index (Phi) is 8.10. The average molecular weight is 461 g/mol. The molecule has 0 aromatic carbocycles. The van der Waals surface area contributed by atoms with Crippen molar-refractivity contribution >= 4 is 11.9 Å². The van der Waals surface area contributed by atoms with E-state index < -0.39 is 12.1 Å². The van der Waals surface area contributed by atoms with Crippen molar-refractivity contribution in [3.8, 4) is 0 Å². The number of carbonyl (C=O) groups excluding carboxylic acids is 1. The summed E-state index contributed by atoms with van der Waals surface area (Å²) in [7, 11) is 1.93. The molecule has 1 aromatic rings. The molecular weight excluding hydrogens is 431 g/mol. The van der Waals surface area contributed by atoms with Crippen molar-refractivity contribution in [3.63, 3.8) is 0 Å². The van der Waals surface area contributed by atoms with Gasteiger partial charge in [-0.15, -0.1) is 5.10 Å². The van der Waals surface area contributed by atoms with E-state index in [-0.39, 0.29) is 17.9 Å². The van der Waals surface area contributed by atoms with Gasteiger partial charge in [0.05, 0.1) is 18.9 Å². The first kappa shape index (κ1) is 24.4. The molecule has 32 heavy (non-hydrogen) atoms.